The number of hydrogen-bond acceptors (Lipinski definition) is 4. The minimum Gasteiger partial charge on any atom is -0.495 e. The van der Waals surface area contributed by atoms with E-state index in [4.69, 9.17) is 22.1 Å². The first-order valence-corrected chi connectivity index (χ1v) is 7.51. The highest BCUT2D eigenvalue weighted by Gasteiger charge is 2.17. The summed E-state index contributed by atoms with van der Waals surface area (Å²) < 4.78 is 31.9. The second kappa shape index (κ2) is 5.60. The van der Waals surface area contributed by atoms with Crippen LogP contribution in [-0.2, 0) is 10.0 Å². The summed E-state index contributed by atoms with van der Waals surface area (Å²) >= 11 is 5.93. The topological polar surface area (TPSA) is 81.4 Å². The summed E-state index contributed by atoms with van der Waals surface area (Å²) in [4.78, 5) is 0.0377. The van der Waals surface area contributed by atoms with Crippen molar-refractivity contribution in [2.45, 2.75) is 4.90 Å². The summed E-state index contributed by atoms with van der Waals surface area (Å²) in [6.45, 7) is 0. The van der Waals surface area contributed by atoms with E-state index in [-0.39, 0.29) is 10.6 Å². The Morgan fingerprint density at radius 2 is 1.90 bits per heavy atom. The van der Waals surface area contributed by atoms with Crippen molar-refractivity contribution in [1.82, 2.24) is 0 Å². The van der Waals surface area contributed by atoms with E-state index in [0.717, 1.165) is 0 Å². The van der Waals surface area contributed by atoms with E-state index in [1.54, 1.807) is 24.3 Å². The predicted molar refractivity (Wildman–Crippen MR) is 79.7 cm³/mol. The van der Waals surface area contributed by atoms with E-state index in [2.05, 4.69) is 4.72 Å². The lowest BCUT2D eigenvalue weighted by molar-refractivity contribution is 0.416. The molecule has 2 aromatic rings. The van der Waals surface area contributed by atoms with Gasteiger partial charge < -0.3 is 10.5 Å². The Bertz CT molecular complexity index is 732. The molecule has 0 saturated carbocycles. The third kappa shape index (κ3) is 2.97. The average molecular weight is 313 g/mol. The van der Waals surface area contributed by atoms with Crippen molar-refractivity contribution >= 4 is 33.0 Å². The number of methoxy groups -OCH3 is 1. The second-order valence-electron chi connectivity index (χ2n) is 3.99. The molecule has 106 valence electrons. The van der Waals surface area contributed by atoms with Crippen LogP contribution in [0, 0.1) is 0 Å². The molecule has 0 aliphatic carbocycles. The molecule has 3 N–H and O–H groups in total. The van der Waals surface area contributed by atoms with Gasteiger partial charge in [0, 0.05) is 0 Å². The Kier molecular flexibility index (Phi) is 4.06. The summed E-state index contributed by atoms with van der Waals surface area (Å²) in [7, 11) is -2.29. The molecule has 0 bridgehead atoms. The fraction of sp³-hybridized carbons (Fsp3) is 0.0769. The van der Waals surface area contributed by atoms with Gasteiger partial charge in [-0.15, -0.1) is 0 Å². The molecule has 7 heteroatoms. The zero-order valence-corrected chi connectivity index (χ0v) is 12.2. The number of halogens is 1. The minimum atomic E-state index is -3.75. The Hall–Kier alpha value is -1.92. The first-order chi connectivity index (χ1) is 9.44. The van der Waals surface area contributed by atoms with Crippen LogP contribution < -0.4 is 15.2 Å². The average Bonchev–Trinajstić information content (AvgIpc) is 2.41. The summed E-state index contributed by atoms with van der Waals surface area (Å²) in [6, 6.07) is 10.8. The molecule has 0 radical (unpaired) electrons. The van der Waals surface area contributed by atoms with E-state index in [1.165, 1.54) is 25.3 Å². The molecule has 2 rings (SSSR count). The molecule has 0 unspecified atom stereocenters. The highest BCUT2D eigenvalue weighted by Crippen LogP contribution is 2.27. The summed E-state index contributed by atoms with van der Waals surface area (Å²) in [5.41, 5.74) is 6.26. The van der Waals surface area contributed by atoms with Crippen molar-refractivity contribution in [2.24, 2.45) is 0 Å². The van der Waals surface area contributed by atoms with Crippen molar-refractivity contribution in [1.29, 1.82) is 0 Å². The molecule has 20 heavy (non-hydrogen) atoms. The summed E-state index contributed by atoms with van der Waals surface area (Å²) in [6.07, 6.45) is 0. The molecule has 0 saturated heterocycles. The molecule has 0 spiro atoms. The number of hydrogen-bond donors (Lipinski definition) is 2. The van der Waals surface area contributed by atoms with Gasteiger partial charge in [0.2, 0.25) is 0 Å². The number of nitrogen functional groups attached to an aromatic ring is 1. The standard InChI is InChI=1S/C13H13ClN2O3S/c1-19-13-7-6-9(8-11(13)15)20(17,18)16-12-5-3-2-4-10(12)14/h2-8,16H,15H2,1H3. The summed E-state index contributed by atoms with van der Waals surface area (Å²) in [5.74, 6) is 0.418. The molecule has 0 heterocycles. The van der Waals surface area contributed by atoms with E-state index < -0.39 is 10.0 Å². The van der Waals surface area contributed by atoms with Crippen LogP contribution in [0.5, 0.6) is 5.75 Å². The Morgan fingerprint density at radius 1 is 1.20 bits per heavy atom. The van der Waals surface area contributed by atoms with Crippen molar-refractivity contribution in [3.8, 4) is 5.75 Å². The van der Waals surface area contributed by atoms with Gasteiger partial charge in [-0.05, 0) is 30.3 Å². The molecule has 0 amide bonds. The fourth-order valence-electron chi connectivity index (χ4n) is 1.63. The summed E-state index contributed by atoms with van der Waals surface area (Å²) in [5, 5.41) is 0.317. The van der Waals surface area contributed by atoms with E-state index in [9.17, 15) is 8.42 Å². The number of benzene rings is 2. The Morgan fingerprint density at radius 3 is 2.50 bits per heavy atom. The largest absolute Gasteiger partial charge is 0.495 e. The van der Waals surface area contributed by atoms with Gasteiger partial charge in [0.1, 0.15) is 5.75 Å². The van der Waals surface area contributed by atoms with E-state index in [0.29, 0.717) is 16.5 Å². The smallest absolute Gasteiger partial charge is 0.262 e. The van der Waals surface area contributed by atoms with Crippen molar-refractivity contribution < 1.29 is 13.2 Å². The normalized spacial score (nSPS) is 11.1. The van der Waals surface area contributed by atoms with Gasteiger partial charge in [0.15, 0.2) is 0 Å². The SMILES string of the molecule is COc1ccc(S(=O)(=O)Nc2ccccc2Cl)cc1N. The molecule has 0 fully saturated rings. The predicted octanol–water partition coefficient (Wildman–Crippen LogP) is 2.73. The van der Waals surface area contributed by atoms with Gasteiger partial charge in [-0.1, -0.05) is 23.7 Å². The van der Waals surface area contributed by atoms with E-state index >= 15 is 0 Å². The molecule has 5 nitrogen and oxygen atoms in total. The third-order valence-corrected chi connectivity index (χ3v) is 4.32. The van der Waals surface area contributed by atoms with Gasteiger partial charge in [-0.3, -0.25) is 4.72 Å². The fourth-order valence-corrected chi connectivity index (χ4v) is 2.98. The van der Waals surface area contributed by atoms with Crippen LogP contribution in [0.3, 0.4) is 0 Å². The maximum atomic E-state index is 12.2. The first kappa shape index (κ1) is 14.5. The molecule has 0 aliphatic heterocycles. The maximum Gasteiger partial charge on any atom is 0.262 e. The van der Waals surface area contributed by atoms with Gasteiger partial charge >= 0.3 is 0 Å². The number of anilines is 2. The van der Waals surface area contributed by atoms with Crippen LogP contribution in [-0.4, -0.2) is 15.5 Å². The number of rotatable bonds is 4. The van der Waals surface area contributed by atoms with Crippen molar-refractivity contribution in [3.63, 3.8) is 0 Å². The Balaban J connectivity index is 2.36. The number of nitrogens with two attached hydrogens (primary N) is 1. The van der Waals surface area contributed by atoms with Crippen LogP contribution in [0.25, 0.3) is 0 Å². The van der Waals surface area contributed by atoms with Crippen LogP contribution >= 0.6 is 11.6 Å². The number of sulfonamides is 1. The number of para-hydroxylation sites is 1. The molecular formula is C13H13ClN2O3S. The lowest BCUT2D eigenvalue weighted by atomic mass is 10.3. The minimum absolute atomic E-state index is 0.0377. The molecule has 0 aliphatic rings. The maximum absolute atomic E-state index is 12.2. The first-order valence-electron chi connectivity index (χ1n) is 5.65. The van der Waals surface area contributed by atoms with Gasteiger partial charge in [-0.25, -0.2) is 8.42 Å². The second-order valence-corrected chi connectivity index (χ2v) is 6.08. The van der Waals surface area contributed by atoms with Crippen molar-refractivity contribution in [3.05, 3.63) is 47.5 Å². The molecule has 2 aromatic carbocycles. The lowest BCUT2D eigenvalue weighted by Crippen LogP contribution is -2.13. The van der Waals surface area contributed by atoms with Crippen LogP contribution in [0.2, 0.25) is 5.02 Å². The number of nitrogens with one attached hydrogen (secondary N) is 1. The highest BCUT2D eigenvalue weighted by molar-refractivity contribution is 7.92. The number of ether oxygens (including phenoxy) is 1. The van der Waals surface area contributed by atoms with Gasteiger partial charge in [0.05, 0.1) is 28.4 Å². The molecule has 0 atom stereocenters. The Labute approximate surface area is 122 Å². The zero-order chi connectivity index (χ0) is 14.8. The van der Waals surface area contributed by atoms with E-state index in [1.807, 2.05) is 0 Å². The lowest BCUT2D eigenvalue weighted by Gasteiger charge is -2.11. The van der Waals surface area contributed by atoms with Crippen LogP contribution in [0.1, 0.15) is 0 Å². The van der Waals surface area contributed by atoms with Crippen molar-refractivity contribution in [2.75, 3.05) is 17.6 Å². The highest BCUT2D eigenvalue weighted by atomic mass is 35.5. The van der Waals surface area contributed by atoms with Crippen LogP contribution in [0.15, 0.2) is 47.4 Å². The monoisotopic (exact) mass is 312 g/mol. The van der Waals surface area contributed by atoms with Gasteiger partial charge in [-0.2, -0.15) is 0 Å². The van der Waals surface area contributed by atoms with Gasteiger partial charge in [0.25, 0.3) is 10.0 Å². The molecule has 0 aromatic heterocycles. The van der Waals surface area contributed by atoms with Crippen LogP contribution in [0.4, 0.5) is 11.4 Å². The third-order valence-electron chi connectivity index (χ3n) is 2.63. The zero-order valence-electron chi connectivity index (χ0n) is 10.6. The molecular weight excluding hydrogens is 300 g/mol. The quantitative estimate of drug-likeness (QED) is 0.851.